The van der Waals surface area contributed by atoms with Crippen LogP contribution in [0.1, 0.15) is 11.1 Å². The molecule has 2 aliphatic rings. The lowest BCUT2D eigenvalue weighted by Crippen LogP contribution is -2.54. The van der Waals surface area contributed by atoms with Gasteiger partial charge in [-0.15, -0.1) is 0 Å². The summed E-state index contributed by atoms with van der Waals surface area (Å²) in [5.74, 6) is 0.545. The first-order valence-electron chi connectivity index (χ1n) is 11.0. The van der Waals surface area contributed by atoms with E-state index in [0.717, 1.165) is 10.5 Å². The standard InChI is InChI=1S/C26H17Cl3N2O6S/c1-34-21-10-14(8-17(28)23(21)35-11-13-5-6-19-20(9-13)37-12-36-19)7-15-24(32)30-26(38)31(25(15)33)18-4-2-3-16(27)22(18)29/h2-10H,11-12H2,1H3,(H,30,32,38)/b15-7+. The van der Waals surface area contributed by atoms with Crippen molar-refractivity contribution in [2.45, 2.75) is 6.61 Å². The molecule has 5 rings (SSSR count). The molecule has 0 aliphatic carbocycles. The second-order valence-corrected chi connectivity index (χ2v) is 9.62. The Kier molecular flexibility index (Phi) is 7.36. The van der Waals surface area contributed by atoms with E-state index in [-0.39, 0.29) is 44.8 Å². The van der Waals surface area contributed by atoms with Gasteiger partial charge in [-0.25, -0.2) is 0 Å². The molecule has 0 saturated carbocycles. The number of carbonyl (C=O) groups excluding carboxylic acids is 2. The molecule has 0 aromatic heterocycles. The zero-order chi connectivity index (χ0) is 27.0. The normalized spacial score (nSPS) is 15.6. The number of anilines is 1. The average Bonchev–Trinajstić information content (AvgIpc) is 3.36. The van der Waals surface area contributed by atoms with E-state index >= 15 is 0 Å². The Bertz CT molecular complexity index is 1530. The molecule has 3 aromatic rings. The number of hydrogen-bond acceptors (Lipinski definition) is 7. The van der Waals surface area contributed by atoms with E-state index in [9.17, 15) is 9.59 Å². The molecule has 194 valence electrons. The van der Waals surface area contributed by atoms with Crippen LogP contribution in [0.2, 0.25) is 15.1 Å². The summed E-state index contributed by atoms with van der Waals surface area (Å²) < 4.78 is 22.1. The van der Waals surface area contributed by atoms with Crippen LogP contribution in [-0.2, 0) is 16.2 Å². The molecule has 0 spiro atoms. The summed E-state index contributed by atoms with van der Waals surface area (Å²) in [6.07, 6.45) is 1.38. The van der Waals surface area contributed by atoms with Gasteiger partial charge in [0.15, 0.2) is 28.1 Å². The van der Waals surface area contributed by atoms with E-state index in [2.05, 4.69) is 5.32 Å². The lowest BCUT2D eigenvalue weighted by Gasteiger charge is -2.29. The maximum atomic E-state index is 13.4. The molecular formula is C26H17Cl3N2O6S. The molecule has 3 aromatic carbocycles. The van der Waals surface area contributed by atoms with E-state index in [1.165, 1.54) is 13.2 Å². The Morgan fingerprint density at radius 3 is 2.63 bits per heavy atom. The third kappa shape index (κ3) is 4.98. The average molecular weight is 592 g/mol. The van der Waals surface area contributed by atoms with Crippen molar-refractivity contribution in [1.29, 1.82) is 0 Å². The molecule has 1 N–H and O–H groups in total. The van der Waals surface area contributed by atoms with Crippen molar-refractivity contribution in [1.82, 2.24) is 5.32 Å². The zero-order valence-corrected chi connectivity index (χ0v) is 22.6. The number of nitrogens with one attached hydrogen (secondary N) is 1. The van der Waals surface area contributed by atoms with E-state index in [4.69, 9.17) is 66.0 Å². The summed E-state index contributed by atoms with van der Waals surface area (Å²) >= 11 is 24.2. The van der Waals surface area contributed by atoms with Crippen LogP contribution >= 0.6 is 47.0 Å². The second kappa shape index (κ2) is 10.7. The number of carbonyl (C=O) groups is 2. The Balaban J connectivity index is 1.43. The summed E-state index contributed by atoms with van der Waals surface area (Å²) in [7, 11) is 1.45. The first kappa shape index (κ1) is 26.1. The topological polar surface area (TPSA) is 86.3 Å². The van der Waals surface area contributed by atoms with Crippen molar-refractivity contribution < 1.29 is 28.5 Å². The van der Waals surface area contributed by atoms with Gasteiger partial charge in [-0.3, -0.25) is 19.8 Å². The molecular weight excluding hydrogens is 575 g/mol. The van der Waals surface area contributed by atoms with Gasteiger partial charge in [0.25, 0.3) is 11.8 Å². The highest BCUT2D eigenvalue weighted by molar-refractivity contribution is 7.80. The number of rotatable bonds is 6. The van der Waals surface area contributed by atoms with Crippen molar-refractivity contribution in [3.63, 3.8) is 0 Å². The molecule has 8 nitrogen and oxygen atoms in total. The minimum Gasteiger partial charge on any atom is -0.493 e. The maximum Gasteiger partial charge on any atom is 0.270 e. The van der Waals surface area contributed by atoms with Gasteiger partial charge in [-0.2, -0.15) is 0 Å². The van der Waals surface area contributed by atoms with Crippen molar-refractivity contribution >= 4 is 75.7 Å². The maximum absolute atomic E-state index is 13.4. The Morgan fingerprint density at radius 2 is 1.84 bits per heavy atom. The molecule has 2 heterocycles. The van der Waals surface area contributed by atoms with Crippen molar-refractivity contribution in [3.05, 3.63) is 80.3 Å². The lowest BCUT2D eigenvalue weighted by molar-refractivity contribution is -0.122. The van der Waals surface area contributed by atoms with Gasteiger partial charge in [0.05, 0.1) is 27.9 Å². The molecule has 1 fully saturated rings. The minimum atomic E-state index is -0.679. The fourth-order valence-electron chi connectivity index (χ4n) is 3.86. The van der Waals surface area contributed by atoms with Gasteiger partial charge in [-0.1, -0.05) is 46.9 Å². The number of amides is 2. The van der Waals surface area contributed by atoms with Crippen molar-refractivity contribution in [2.24, 2.45) is 0 Å². The molecule has 0 unspecified atom stereocenters. The van der Waals surface area contributed by atoms with Crippen LogP contribution in [0.4, 0.5) is 5.69 Å². The monoisotopic (exact) mass is 590 g/mol. The van der Waals surface area contributed by atoms with E-state index in [0.29, 0.717) is 28.6 Å². The molecule has 2 aliphatic heterocycles. The molecule has 0 radical (unpaired) electrons. The Morgan fingerprint density at radius 1 is 1.05 bits per heavy atom. The van der Waals surface area contributed by atoms with Crippen molar-refractivity contribution in [3.8, 4) is 23.0 Å². The number of fused-ring (bicyclic) bond motifs is 1. The van der Waals surface area contributed by atoms with Crippen molar-refractivity contribution in [2.75, 3.05) is 18.8 Å². The number of nitrogens with zero attached hydrogens (tertiary/aromatic N) is 1. The summed E-state index contributed by atoms with van der Waals surface area (Å²) in [6, 6.07) is 13.4. The first-order valence-corrected chi connectivity index (χ1v) is 12.6. The second-order valence-electron chi connectivity index (χ2n) is 8.04. The highest BCUT2D eigenvalue weighted by Gasteiger charge is 2.36. The summed E-state index contributed by atoms with van der Waals surface area (Å²) in [5, 5.41) is 2.95. The van der Waals surface area contributed by atoms with Gasteiger partial charge in [0, 0.05) is 0 Å². The van der Waals surface area contributed by atoms with Gasteiger partial charge in [0.1, 0.15) is 12.2 Å². The zero-order valence-electron chi connectivity index (χ0n) is 19.5. The number of hydrogen-bond donors (Lipinski definition) is 1. The molecule has 1 saturated heterocycles. The Labute approximate surface area is 237 Å². The molecule has 38 heavy (non-hydrogen) atoms. The van der Waals surface area contributed by atoms with Gasteiger partial charge in [0.2, 0.25) is 6.79 Å². The highest BCUT2D eigenvalue weighted by Crippen LogP contribution is 2.39. The van der Waals surface area contributed by atoms with Crippen LogP contribution in [-0.4, -0.2) is 30.8 Å². The highest BCUT2D eigenvalue weighted by atomic mass is 35.5. The molecule has 0 bridgehead atoms. The quantitative estimate of drug-likeness (QED) is 0.220. The minimum absolute atomic E-state index is 0.119. The van der Waals surface area contributed by atoms with Crippen LogP contribution < -0.4 is 29.2 Å². The molecule has 12 heteroatoms. The smallest absolute Gasteiger partial charge is 0.270 e. The van der Waals surface area contributed by atoms with E-state index < -0.39 is 11.8 Å². The number of ether oxygens (including phenoxy) is 4. The third-order valence-electron chi connectivity index (χ3n) is 5.66. The van der Waals surface area contributed by atoms with E-state index in [1.54, 1.807) is 36.4 Å². The number of methoxy groups -OCH3 is 1. The summed E-state index contributed by atoms with van der Waals surface area (Å²) in [5.41, 5.74) is 1.30. The van der Waals surface area contributed by atoms with E-state index in [1.807, 2.05) is 12.1 Å². The third-order valence-corrected chi connectivity index (χ3v) is 7.03. The van der Waals surface area contributed by atoms with Gasteiger partial charge < -0.3 is 18.9 Å². The van der Waals surface area contributed by atoms with Gasteiger partial charge in [-0.05, 0) is 65.8 Å². The molecule has 0 atom stereocenters. The fourth-order valence-corrected chi connectivity index (χ4v) is 4.79. The summed E-state index contributed by atoms with van der Waals surface area (Å²) in [6.45, 7) is 0.354. The predicted octanol–water partition coefficient (Wildman–Crippen LogP) is 5.79. The van der Waals surface area contributed by atoms with Crippen LogP contribution in [0.5, 0.6) is 23.0 Å². The number of benzene rings is 3. The van der Waals surface area contributed by atoms with Crippen LogP contribution in [0.25, 0.3) is 6.08 Å². The fraction of sp³-hybridized carbons (Fsp3) is 0.115. The lowest BCUT2D eigenvalue weighted by atomic mass is 10.1. The predicted molar refractivity (Wildman–Crippen MR) is 148 cm³/mol. The van der Waals surface area contributed by atoms with Crippen LogP contribution in [0, 0.1) is 0 Å². The largest absolute Gasteiger partial charge is 0.493 e. The number of thiocarbonyl (C=S) groups is 1. The molecule has 2 amide bonds. The summed E-state index contributed by atoms with van der Waals surface area (Å²) in [4.78, 5) is 27.2. The Hall–Kier alpha value is -3.50. The van der Waals surface area contributed by atoms with Gasteiger partial charge >= 0.3 is 0 Å². The first-order chi connectivity index (χ1) is 18.3. The van der Waals surface area contributed by atoms with Crippen LogP contribution in [0.15, 0.2) is 54.1 Å². The number of halogens is 3. The SMILES string of the molecule is COc1cc(/C=C2\C(=O)NC(=S)N(c3cccc(Cl)c3Cl)C2=O)cc(Cl)c1OCc1ccc2c(c1)OCO2. The van der Waals surface area contributed by atoms with Crippen LogP contribution in [0.3, 0.4) is 0 Å².